The van der Waals surface area contributed by atoms with Crippen LogP contribution < -0.4 is 4.90 Å². The van der Waals surface area contributed by atoms with Crippen LogP contribution in [0.5, 0.6) is 0 Å². The number of likely N-dealkylation sites (N-methyl/N-ethyl adjacent to an activating group) is 2. The van der Waals surface area contributed by atoms with Gasteiger partial charge < -0.3 is 4.90 Å². The fraction of sp³-hybridized carbons (Fsp3) is 0.421. The third-order valence-corrected chi connectivity index (χ3v) is 5.29. The highest BCUT2D eigenvalue weighted by Gasteiger charge is 2.38. The summed E-state index contributed by atoms with van der Waals surface area (Å²) >= 11 is 0. The number of non-ortho nitro benzene ring substituents is 1. The Hall–Kier alpha value is -3.23. The maximum absolute atomic E-state index is 12.5. The SMILES string of the molecule is CC1CCN(c2ccc([N+](=O)[O-])cc2C=C2C(=O)N(C)C(=O)N(C)C2=O)CC1. The number of carbonyl (C=O) groups is 3. The maximum Gasteiger partial charge on any atom is 0.333 e. The highest BCUT2D eigenvalue weighted by atomic mass is 16.6. The van der Waals surface area contributed by atoms with E-state index in [0.29, 0.717) is 11.5 Å². The number of hydrogen-bond donors (Lipinski definition) is 0. The molecule has 0 aliphatic carbocycles. The Bertz CT molecular complexity index is 860. The summed E-state index contributed by atoms with van der Waals surface area (Å²) in [5, 5.41) is 11.2. The molecule has 2 saturated heterocycles. The summed E-state index contributed by atoms with van der Waals surface area (Å²) in [5.41, 5.74) is 0.815. The number of benzene rings is 1. The van der Waals surface area contributed by atoms with Crippen molar-refractivity contribution in [3.8, 4) is 0 Å². The normalized spacial score (nSPS) is 18.8. The van der Waals surface area contributed by atoms with E-state index in [1.54, 1.807) is 6.07 Å². The minimum absolute atomic E-state index is 0.130. The lowest BCUT2D eigenvalue weighted by molar-refractivity contribution is -0.384. The van der Waals surface area contributed by atoms with Gasteiger partial charge >= 0.3 is 6.03 Å². The predicted molar refractivity (Wildman–Crippen MR) is 103 cm³/mol. The van der Waals surface area contributed by atoms with Crippen molar-refractivity contribution >= 4 is 35.3 Å². The monoisotopic (exact) mass is 386 g/mol. The van der Waals surface area contributed by atoms with Gasteiger partial charge in [-0.3, -0.25) is 29.5 Å². The van der Waals surface area contributed by atoms with E-state index in [1.165, 1.54) is 32.3 Å². The zero-order valence-electron chi connectivity index (χ0n) is 16.0. The van der Waals surface area contributed by atoms with Crippen LogP contribution >= 0.6 is 0 Å². The molecule has 9 heteroatoms. The summed E-state index contributed by atoms with van der Waals surface area (Å²) < 4.78 is 0. The number of anilines is 1. The molecule has 4 amide bonds. The van der Waals surface area contributed by atoms with Crippen molar-refractivity contribution < 1.29 is 19.3 Å². The van der Waals surface area contributed by atoms with Crippen LogP contribution in [0.3, 0.4) is 0 Å². The molecule has 2 fully saturated rings. The molecule has 0 spiro atoms. The summed E-state index contributed by atoms with van der Waals surface area (Å²) in [6, 6.07) is 3.71. The fourth-order valence-corrected chi connectivity index (χ4v) is 3.44. The Labute approximate surface area is 162 Å². The van der Waals surface area contributed by atoms with E-state index in [0.717, 1.165) is 41.4 Å². The van der Waals surface area contributed by atoms with Gasteiger partial charge in [-0.2, -0.15) is 0 Å². The zero-order chi connectivity index (χ0) is 20.6. The molecule has 2 heterocycles. The fourth-order valence-electron chi connectivity index (χ4n) is 3.44. The van der Waals surface area contributed by atoms with Crippen LogP contribution in [0, 0.1) is 16.0 Å². The van der Waals surface area contributed by atoms with Crippen molar-refractivity contribution in [2.75, 3.05) is 32.1 Å². The third kappa shape index (κ3) is 3.47. The van der Waals surface area contributed by atoms with Crippen molar-refractivity contribution in [2.24, 2.45) is 5.92 Å². The van der Waals surface area contributed by atoms with Gasteiger partial charge in [0.15, 0.2) is 0 Å². The Kier molecular flexibility index (Phi) is 5.17. The van der Waals surface area contributed by atoms with Crippen molar-refractivity contribution in [3.63, 3.8) is 0 Å². The first-order valence-corrected chi connectivity index (χ1v) is 9.06. The second-order valence-electron chi connectivity index (χ2n) is 7.24. The van der Waals surface area contributed by atoms with Gasteiger partial charge in [-0.25, -0.2) is 4.79 Å². The van der Waals surface area contributed by atoms with Crippen LogP contribution in [0.15, 0.2) is 23.8 Å². The number of amides is 4. The van der Waals surface area contributed by atoms with E-state index >= 15 is 0 Å². The number of piperidine rings is 1. The van der Waals surface area contributed by atoms with E-state index in [9.17, 15) is 24.5 Å². The predicted octanol–water partition coefficient (Wildman–Crippen LogP) is 2.26. The molecular weight excluding hydrogens is 364 g/mol. The quantitative estimate of drug-likeness (QED) is 0.342. The first-order valence-electron chi connectivity index (χ1n) is 9.06. The van der Waals surface area contributed by atoms with Crippen LogP contribution in [-0.2, 0) is 9.59 Å². The molecule has 0 saturated carbocycles. The minimum atomic E-state index is -0.724. The summed E-state index contributed by atoms with van der Waals surface area (Å²) in [5.74, 6) is -0.846. The Morgan fingerprint density at radius 1 is 1.07 bits per heavy atom. The molecule has 2 aliphatic rings. The summed E-state index contributed by atoms with van der Waals surface area (Å²) in [6.07, 6.45) is 3.33. The smallest absolute Gasteiger partial charge is 0.333 e. The molecule has 28 heavy (non-hydrogen) atoms. The molecule has 9 nitrogen and oxygen atoms in total. The molecule has 3 rings (SSSR count). The molecule has 0 N–H and O–H groups in total. The molecule has 148 valence electrons. The number of hydrogen-bond acceptors (Lipinski definition) is 6. The number of nitrogens with zero attached hydrogens (tertiary/aromatic N) is 4. The van der Waals surface area contributed by atoms with Crippen molar-refractivity contribution in [3.05, 3.63) is 39.4 Å². The number of rotatable bonds is 3. The average molecular weight is 386 g/mol. The van der Waals surface area contributed by atoms with Crippen molar-refractivity contribution in [1.29, 1.82) is 0 Å². The van der Waals surface area contributed by atoms with Gasteiger partial charge in [0.05, 0.1) is 4.92 Å². The standard InChI is InChI=1S/C19H22N4O5/c1-12-6-8-22(9-7-12)16-5-4-14(23(27)28)10-13(16)11-15-17(24)20(2)19(26)21(3)18(15)25/h4-5,10-12H,6-9H2,1-3H3. The van der Waals surface area contributed by atoms with E-state index in [1.807, 2.05) is 0 Å². The Morgan fingerprint density at radius 2 is 1.64 bits per heavy atom. The molecule has 0 radical (unpaired) electrons. The second-order valence-corrected chi connectivity index (χ2v) is 7.24. The lowest BCUT2D eigenvalue weighted by Gasteiger charge is -2.33. The van der Waals surface area contributed by atoms with Crippen LogP contribution in [-0.4, -0.2) is 59.8 Å². The number of urea groups is 1. The van der Waals surface area contributed by atoms with E-state index in [4.69, 9.17) is 0 Å². The number of nitro benzene ring substituents is 1. The van der Waals surface area contributed by atoms with E-state index in [-0.39, 0.29) is 11.3 Å². The molecule has 0 aromatic heterocycles. The van der Waals surface area contributed by atoms with Crippen molar-refractivity contribution in [2.45, 2.75) is 19.8 Å². The van der Waals surface area contributed by atoms with Gasteiger partial charge in [-0.15, -0.1) is 0 Å². The molecule has 1 aromatic carbocycles. The molecule has 0 bridgehead atoms. The first-order chi connectivity index (χ1) is 13.2. The number of nitro groups is 1. The van der Waals surface area contributed by atoms with Gasteiger partial charge in [0.2, 0.25) is 0 Å². The van der Waals surface area contributed by atoms with Gasteiger partial charge in [0.25, 0.3) is 17.5 Å². The Morgan fingerprint density at radius 3 is 2.18 bits per heavy atom. The van der Waals surface area contributed by atoms with Gasteiger partial charge in [-0.1, -0.05) is 6.92 Å². The largest absolute Gasteiger partial charge is 0.371 e. The first kappa shape index (κ1) is 19.5. The summed E-state index contributed by atoms with van der Waals surface area (Å²) in [7, 11) is 2.59. The van der Waals surface area contributed by atoms with Crippen LogP contribution in [0.25, 0.3) is 6.08 Å². The lowest BCUT2D eigenvalue weighted by atomic mass is 9.97. The third-order valence-electron chi connectivity index (χ3n) is 5.29. The molecule has 0 atom stereocenters. The maximum atomic E-state index is 12.5. The number of imide groups is 2. The Balaban J connectivity index is 2.08. The number of carbonyl (C=O) groups excluding carboxylic acids is 3. The molecule has 0 unspecified atom stereocenters. The van der Waals surface area contributed by atoms with Crippen molar-refractivity contribution in [1.82, 2.24) is 9.80 Å². The topological polar surface area (TPSA) is 104 Å². The van der Waals surface area contributed by atoms with Crippen LogP contribution in [0.1, 0.15) is 25.3 Å². The molecular formula is C19H22N4O5. The van der Waals surface area contributed by atoms with Gasteiger partial charge in [0.1, 0.15) is 5.57 Å². The molecule has 2 aliphatic heterocycles. The second kappa shape index (κ2) is 7.41. The minimum Gasteiger partial charge on any atom is -0.371 e. The summed E-state index contributed by atoms with van der Waals surface area (Å²) in [4.78, 5) is 51.4. The number of barbiturate groups is 1. The van der Waals surface area contributed by atoms with E-state index in [2.05, 4.69) is 11.8 Å². The summed E-state index contributed by atoms with van der Waals surface area (Å²) in [6.45, 7) is 3.75. The van der Waals surface area contributed by atoms with Gasteiger partial charge in [0, 0.05) is 50.6 Å². The zero-order valence-corrected chi connectivity index (χ0v) is 16.0. The lowest BCUT2D eigenvalue weighted by Crippen LogP contribution is -2.52. The molecule has 1 aromatic rings. The highest BCUT2D eigenvalue weighted by molar-refractivity contribution is 6.30. The average Bonchev–Trinajstić information content (AvgIpc) is 2.68. The highest BCUT2D eigenvalue weighted by Crippen LogP contribution is 2.31. The van der Waals surface area contributed by atoms with Crippen LogP contribution in [0.2, 0.25) is 0 Å². The van der Waals surface area contributed by atoms with Crippen LogP contribution in [0.4, 0.5) is 16.2 Å². The van der Waals surface area contributed by atoms with E-state index < -0.39 is 22.8 Å². The van der Waals surface area contributed by atoms with Gasteiger partial charge in [-0.05, 0) is 30.9 Å².